The first-order valence-corrected chi connectivity index (χ1v) is 8.59. The van der Waals surface area contributed by atoms with E-state index in [1.807, 2.05) is 31.2 Å². The van der Waals surface area contributed by atoms with E-state index in [4.69, 9.17) is 22.1 Å². The van der Waals surface area contributed by atoms with Crippen LogP contribution in [0.15, 0.2) is 30.5 Å². The van der Waals surface area contributed by atoms with Gasteiger partial charge in [0, 0.05) is 18.7 Å². The van der Waals surface area contributed by atoms with Crippen LogP contribution in [0, 0.1) is 11.8 Å². The van der Waals surface area contributed by atoms with Crippen LogP contribution in [0.5, 0.6) is 5.75 Å². The second kappa shape index (κ2) is 7.98. The molecule has 0 unspecified atom stereocenters. The molecular formula is C19H18ClN5O2. The maximum atomic E-state index is 12.3. The molecule has 1 atom stereocenters. The fraction of sp³-hybridized carbons (Fsp3) is 0.211. The van der Waals surface area contributed by atoms with Crippen LogP contribution < -0.4 is 15.8 Å². The lowest BCUT2D eigenvalue weighted by atomic mass is 10.2. The topological polar surface area (TPSA) is 106 Å². The number of rotatable bonds is 4. The number of benzene rings is 1. The van der Waals surface area contributed by atoms with Crippen molar-refractivity contribution in [3.63, 3.8) is 0 Å². The fourth-order valence-electron chi connectivity index (χ4n) is 2.47. The minimum atomic E-state index is -0.283. The van der Waals surface area contributed by atoms with E-state index in [2.05, 4.69) is 32.1 Å². The second-order valence-corrected chi connectivity index (χ2v) is 6.27. The predicted octanol–water partition coefficient (Wildman–Crippen LogP) is 2.76. The Balaban J connectivity index is 1.64. The molecule has 0 bridgehead atoms. The molecule has 1 aromatic carbocycles. The number of amides is 1. The van der Waals surface area contributed by atoms with Crippen molar-refractivity contribution in [3.8, 4) is 17.6 Å². The summed E-state index contributed by atoms with van der Waals surface area (Å²) >= 11 is 6.20. The van der Waals surface area contributed by atoms with Crippen molar-refractivity contribution >= 4 is 34.4 Å². The number of fused-ring (bicyclic) bond motifs is 1. The van der Waals surface area contributed by atoms with Gasteiger partial charge in [-0.2, -0.15) is 0 Å². The Morgan fingerprint density at radius 3 is 2.96 bits per heavy atom. The van der Waals surface area contributed by atoms with E-state index in [9.17, 15) is 4.79 Å². The number of pyridine rings is 1. The number of methoxy groups -OCH3 is 1. The summed E-state index contributed by atoms with van der Waals surface area (Å²) in [6.07, 6.45) is 1.92. The average molecular weight is 384 g/mol. The molecular weight excluding hydrogens is 366 g/mol. The molecule has 138 valence electrons. The van der Waals surface area contributed by atoms with E-state index in [0.29, 0.717) is 22.8 Å². The van der Waals surface area contributed by atoms with E-state index < -0.39 is 0 Å². The molecule has 0 aliphatic carbocycles. The van der Waals surface area contributed by atoms with Gasteiger partial charge in [-0.05, 0) is 19.1 Å². The summed E-state index contributed by atoms with van der Waals surface area (Å²) in [6, 6.07) is 7.28. The molecule has 0 saturated carbocycles. The molecule has 3 rings (SSSR count). The maximum Gasteiger partial charge on any atom is 0.287 e. The first-order valence-electron chi connectivity index (χ1n) is 8.22. The fourth-order valence-corrected chi connectivity index (χ4v) is 2.74. The highest BCUT2D eigenvalue weighted by atomic mass is 35.5. The summed E-state index contributed by atoms with van der Waals surface area (Å²) in [5.41, 5.74) is 7.76. The number of halogens is 1. The average Bonchev–Trinajstić information content (AvgIpc) is 3.08. The number of nitrogens with two attached hydrogens (primary N) is 1. The molecule has 2 aromatic heterocycles. The second-order valence-electron chi connectivity index (χ2n) is 5.89. The molecule has 1 amide bonds. The van der Waals surface area contributed by atoms with Crippen LogP contribution in [0.25, 0.3) is 11.0 Å². The minimum Gasteiger partial charge on any atom is -0.491 e. The van der Waals surface area contributed by atoms with Gasteiger partial charge in [-0.3, -0.25) is 4.79 Å². The number of nitrogens with one attached hydrogen (secondary N) is 2. The largest absolute Gasteiger partial charge is 0.491 e. The van der Waals surface area contributed by atoms with Gasteiger partial charge in [0.2, 0.25) is 0 Å². The molecule has 8 heteroatoms. The SMILES string of the molecule is COc1c(N)ncc(C#CC[C@H](C)NC(=O)c2nc3ccccc3[nH]2)c1Cl. The Morgan fingerprint density at radius 1 is 1.44 bits per heavy atom. The Labute approximate surface area is 161 Å². The summed E-state index contributed by atoms with van der Waals surface area (Å²) in [5.74, 6) is 6.40. The molecule has 0 aliphatic rings. The molecule has 0 fully saturated rings. The van der Waals surface area contributed by atoms with Crippen LogP contribution >= 0.6 is 11.6 Å². The number of carbonyl (C=O) groups excluding carboxylic acids is 1. The Morgan fingerprint density at radius 2 is 2.22 bits per heavy atom. The third-order valence-electron chi connectivity index (χ3n) is 3.82. The number of aromatic nitrogens is 3. The number of imidazole rings is 1. The van der Waals surface area contributed by atoms with Gasteiger partial charge in [0.15, 0.2) is 17.4 Å². The summed E-state index contributed by atoms with van der Waals surface area (Å²) < 4.78 is 5.12. The van der Waals surface area contributed by atoms with Crippen molar-refractivity contribution < 1.29 is 9.53 Å². The molecule has 7 nitrogen and oxygen atoms in total. The maximum absolute atomic E-state index is 12.3. The van der Waals surface area contributed by atoms with Gasteiger partial charge in [-0.1, -0.05) is 35.6 Å². The standard InChI is InChI=1S/C19H18ClN5O2/c1-11(6-5-7-12-10-22-17(21)16(27-2)15(12)20)23-19(26)18-24-13-8-3-4-9-14(13)25-18/h3-4,8-11H,6H2,1-2H3,(H2,21,22)(H,23,26)(H,24,25)/t11-/m0/s1. The molecule has 3 aromatic rings. The molecule has 27 heavy (non-hydrogen) atoms. The van der Waals surface area contributed by atoms with Crippen molar-refractivity contribution in [3.05, 3.63) is 46.9 Å². The van der Waals surface area contributed by atoms with Crippen LogP contribution in [-0.2, 0) is 0 Å². The number of ether oxygens (including phenoxy) is 1. The third-order valence-corrected chi connectivity index (χ3v) is 4.19. The number of hydrogen-bond donors (Lipinski definition) is 3. The number of aromatic amines is 1. The molecule has 0 saturated heterocycles. The van der Waals surface area contributed by atoms with Crippen LogP contribution in [0.4, 0.5) is 5.82 Å². The van der Waals surface area contributed by atoms with Crippen molar-refractivity contribution in [2.75, 3.05) is 12.8 Å². The quantitative estimate of drug-likeness (QED) is 0.601. The van der Waals surface area contributed by atoms with E-state index in [1.165, 1.54) is 13.3 Å². The van der Waals surface area contributed by atoms with E-state index in [0.717, 1.165) is 11.0 Å². The minimum absolute atomic E-state index is 0.180. The van der Waals surface area contributed by atoms with Crippen LogP contribution in [0.3, 0.4) is 0 Å². The molecule has 4 N–H and O–H groups in total. The van der Waals surface area contributed by atoms with E-state index in [1.54, 1.807) is 0 Å². The number of H-pyrrole nitrogens is 1. The highest BCUT2D eigenvalue weighted by molar-refractivity contribution is 6.33. The predicted molar refractivity (Wildman–Crippen MR) is 105 cm³/mol. The molecule has 2 heterocycles. The summed E-state index contributed by atoms with van der Waals surface area (Å²) in [6.45, 7) is 1.86. The molecule has 0 spiro atoms. The van der Waals surface area contributed by atoms with Crippen molar-refractivity contribution in [2.24, 2.45) is 0 Å². The molecule has 0 aliphatic heterocycles. The molecule has 0 radical (unpaired) electrons. The lowest BCUT2D eigenvalue weighted by Crippen LogP contribution is -2.32. The number of para-hydroxylation sites is 2. The van der Waals surface area contributed by atoms with Gasteiger partial charge in [0.1, 0.15) is 5.02 Å². The zero-order chi connectivity index (χ0) is 19.4. The first kappa shape index (κ1) is 18.5. The van der Waals surface area contributed by atoms with Crippen LogP contribution in [-0.4, -0.2) is 34.0 Å². The number of nitrogen functional groups attached to an aromatic ring is 1. The third kappa shape index (κ3) is 4.13. The Hall–Kier alpha value is -3.24. The normalized spacial score (nSPS) is 11.5. The van der Waals surface area contributed by atoms with Gasteiger partial charge < -0.3 is 20.8 Å². The lowest BCUT2D eigenvalue weighted by Gasteiger charge is -2.09. The summed E-state index contributed by atoms with van der Waals surface area (Å²) in [5, 5.41) is 3.18. The summed E-state index contributed by atoms with van der Waals surface area (Å²) in [4.78, 5) is 23.6. The lowest BCUT2D eigenvalue weighted by molar-refractivity contribution is 0.0931. The zero-order valence-corrected chi connectivity index (χ0v) is 15.6. The highest BCUT2D eigenvalue weighted by Crippen LogP contribution is 2.31. The smallest absolute Gasteiger partial charge is 0.287 e. The Bertz CT molecular complexity index is 1020. The number of anilines is 1. The van der Waals surface area contributed by atoms with Gasteiger partial charge in [0.25, 0.3) is 5.91 Å². The van der Waals surface area contributed by atoms with E-state index in [-0.39, 0.29) is 23.6 Å². The van der Waals surface area contributed by atoms with Crippen LogP contribution in [0.1, 0.15) is 29.5 Å². The van der Waals surface area contributed by atoms with Crippen LogP contribution in [0.2, 0.25) is 5.02 Å². The monoisotopic (exact) mass is 383 g/mol. The van der Waals surface area contributed by atoms with Gasteiger partial charge in [-0.15, -0.1) is 0 Å². The zero-order valence-electron chi connectivity index (χ0n) is 14.8. The highest BCUT2D eigenvalue weighted by Gasteiger charge is 2.14. The van der Waals surface area contributed by atoms with Crippen molar-refractivity contribution in [1.29, 1.82) is 0 Å². The summed E-state index contributed by atoms with van der Waals surface area (Å²) in [7, 11) is 1.46. The Kier molecular flexibility index (Phi) is 5.48. The van der Waals surface area contributed by atoms with Gasteiger partial charge in [-0.25, -0.2) is 9.97 Å². The van der Waals surface area contributed by atoms with Gasteiger partial charge in [0.05, 0.1) is 23.7 Å². The van der Waals surface area contributed by atoms with Gasteiger partial charge >= 0.3 is 0 Å². The first-order chi connectivity index (χ1) is 13.0. The number of carbonyl (C=O) groups is 1. The number of nitrogens with zero attached hydrogens (tertiary/aromatic N) is 2. The number of hydrogen-bond acceptors (Lipinski definition) is 5. The van der Waals surface area contributed by atoms with Crippen molar-refractivity contribution in [2.45, 2.75) is 19.4 Å². The van der Waals surface area contributed by atoms with Crippen molar-refractivity contribution in [1.82, 2.24) is 20.3 Å². The van der Waals surface area contributed by atoms with E-state index >= 15 is 0 Å².